The van der Waals surface area contributed by atoms with Crippen LogP contribution in [-0.2, 0) is 6.42 Å². The Hall–Kier alpha value is -4.27. The van der Waals surface area contributed by atoms with Crippen LogP contribution in [0.1, 0.15) is 27.3 Å². The molecule has 0 saturated carbocycles. The third kappa shape index (κ3) is 5.55. The minimum atomic E-state index is -0.358. The number of amides is 1. The smallest absolute Gasteiger partial charge is 0.258 e. The Morgan fingerprint density at radius 2 is 1.91 bits per heavy atom. The van der Waals surface area contributed by atoms with Crippen molar-refractivity contribution in [2.24, 2.45) is 4.99 Å². The van der Waals surface area contributed by atoms with Gasteiger partial charge in [-0.3, -0.25) is 20.4 Å². The molecule has 0 bridgehead atoms. The van der Waals surface area contributed by atoms with Gasteiger partial charge in [-0.05, 0) is 68.3 Å². The number of nitrogens with zero attached hydrogens (tertiary/aromatic N) is 3. The van der Waals surface area contributed by atoms with Crippen LogP contribution in [0.15, 0.2) is 59.7 Å². The van der Waals surface area contributed by atoms with Gasteiger partial charge in [-0.25, -0.2) is 14.4 Å². The zero-order valence-electron chi connectivity index (χ0n) is 19.1. The van der Waals surface area contributed by atoms with E-state index in [9.17, 15) is 9.18 Å². The number of halogens is 1. The Morgan fingerprint density at radius 3 is 2.68 bits per heavy atom. The first-order valence-corrected chi connectivity index (χ1v) is 10.8. The van der Waals surface area contributed by atoms with Crippen molar-refractivity contribution in [3.8, 4) is 5.75 Å². The Bertz CT molecular complexity index is 1340. The van der Waals surface area contributed by atoms with Crippen LogP contribution in [-0.4, -0.2) is 40.5 Å². The highest BCUT2D eigenvalue weighted by Crippen LogP contribution is 2.20. The number of guanidine groups is 1. The summed E-state index contributed by atoms with van der Waals surface area (Å²) in [6, 6.07) is 13.3. The maximum Gasteiger partial charge on any atom is 0.258 e. The number of aromatic nitrogens is 3. The van der Waals surface area contributed by atoms with Crippen molar-refractivity contribution < 1.29 is 13.9 Å². The van der Waals surface area contributed by atoms with Crippen molar-refractivity contribution in [1.29, 1.82) is 0 Å². The van der Waals surface area contributed by atoms with E-state index >= 15 is 0 Å². The molecule has 1 amide bonds. The summed E-state index contributed by atoms with van der Waals surface area (Å²) in [6.07, 6.45) is 2.38. The molecule has 0 atom stereocenters. The van der Waals surface area contributed by atoms with E-state index in [0.29, 0.717) is 30.2 Å². The summed E-state index contributed by atoms with van der Waals surface area (Å²) in [4.78, 5) is 29.3. The molecular formula is C25H25FN6O2. The minimum Gasteiger partial charge on any atom is -0.497 e. The molecule has 0 fully saturated rings. The van der Waals surface area contributed by atoms with Crippen LogP contribution in [0.25, 0.3) is 10.9 Å². The summed E-state index contributed by atoms with van der Waals surface area (Å²) in [5.41, 5.74) is 3.78. The van der Waals surface area contributed by atoms with Gasteiger partial charge in [0, 0.05) is 40.6 Å². The van der Waals surface area contributed by atoms with Crippen LogP contribution in [0.3, 0.4) is 0 Å². The van der Waals surface area contributed by atoms with Gasteiger partial charge in [-0.2, -0.15) is 0 Å². The van der Waals surface area contributed by atoms with Crippen LogP contribution in [0, 0.1) is 19.7 Å². The van der Waals surface area contributed by atoms with Gasteiger partial charge in [0.05, 0.1) is 7.11 Å². The quantitative estimate of drug-likeness (QED) is 0.296. The van der Waals surface area contributed by atoms with Crippen molar-refractivity contribution >= 4 is 28.7 Å². The number of aryl methyl sites for hydroxylation is 2. The van der Waals surface area contributed by atoms with E-state index in [1.165, 1.54) is 12.1 Å². The van der Waals surface area contributed by atoms with Crippen LogP contribution in [0.4, 0.5) is 10.3 Å². The van der Waals surface area contributed by atoms with Crippen LogP contribution in [0.2, 0.25) is 0 Å². The molecule has 2 heterocycles. The van der Waals surface area contributed by atoms with Gasteiger partial charge in [0.15, 0.2) is 0 Å². The number of carbonyl (C=O) groups excluding carboxylic acids is 1. The molecule has 2 aromatic carbocycles. The summed E-state index contributed by atoms with van der Waals surface area (Å²) in [5, 5.41) is 6.62. The number of aliphatic imine (C=N–C) groups is 1. The van der Waals surface area contributed by atoms with E-state index in [4.69, 9.17) is 4.74 Å². The second-order valence-corrected chi connectivity index (χ2v) is 7.77. The monoisotopic (exact) mass is 460 g/mol. The lowest BCUT2D eigenvalue weighted by Crippen LogP contribution is -2.37. The number of methoxy groups -OCH3 is 1. The number of anilines is 1. The van der Waals surface area contributed by atoms with Gasteiger partial charge in [0.1, 0.15) is 11.6 Å². The van der Waals surface area contributed by atoms with Crippen molar-refractivity contribution in [2.75, 3.05) is 19.0 Å². The number of nitrogens with one attached hydrogen (secondary N) is 3. The fraction of sp³-hybridized carbons (Fsp3) is 0.200. The standard InChI is InChI=1S/C25H25FN6O2/c1-15-11-16(2)30-25(29-15)32-24(31-23(33)17-5-4-6-20(12-17)34-3)27-10-9-18-14-28-22-8-7-19(26)13-21(18)22/h4-8,11-14,28H,9-10H2,1-3H3,(H2,27,29,30,31,32,33). The molecule has 3 N–H and O–H groups in total. The zero-order chi connectivity index (χ0) is 24.1. The predicted octanol–water partition coefficient (Wildman–Crippen LogP) is 4.16. The number of aromatic amines is 1. The second-order valence-electron chi connectivity index (χ2n) is 7.77. The van der Waals surface area contributed by atoms with Gasteiger partial charge in [0.25, 0.3) is 5.91 Å². The lowest BCUT2D eigenvalue weighted by molar-refractivity contribution is 0.0976. The summed E-state index contributed by atoms with van der Waals surface area (Å²) in [6.45, 7) is 4.07. The largest absolute Gasteiger partial charge is 0.497 e. The molecule has 2 aromatic heterocycles. The van der Waals surface area contributed by atoms with E-state index in [2.05, 4.69) is 30.6 Å². The second kappa shape index (κ2) is 10.1. The highest BCUT2D eigenvalue weighted by Gasteiger charge is 2.12. The van der Waals surface area contributed by atoms with Crippen molar-refractivity contribution in [3.05, 3.63) is 83.1 Å². The lowest BCUT2D eigenvalue weighted by atomic mass is 10.1. The van der Waals surface area contributed by atoms with Gasteiger partial charge in [0.2, 0.25) is 11.9 Å². The van der Waals surface area contributed by atoms with Crippen LogP contribution < -0.4 is 15.4 Å². The van der Waals surface area contributed by atoms with Gasteiger partial charge in [-0.1, -0.05) is 6.07 Å². The molecule has 4 rings (SSSR count). The fourth-order valence-corrected chi connectivity index (χ4v) is 3.59. The number of hydrogen-bond acceptors (Lipinski definition) is 5. The number of fused-ring (bicyclic) bond motifs is 1. The van der Waals surface area contributed by atoms with Crippen molar-refractivity contribution in [3.63, 3.8) is 0 Å². The fourth-order valence-electron chi connectivity index (χ4n) is 3.59. The zero-order valence-corrected chi connectivity index (χ0v) is 19.1. The third-order valence-corrected chi connectivity index (χ3v) is 5.16. The molecule has 0 saturated heterocycles. The molecule has 0 aliphatic carbocycles. The number of rotatable bonds is 6. The number of carbonyl (C=O) groups is 1. The number of ether oxygens (including phenoxy) is 1. The molecule has 0 spiro atoms. The van der Waals surface area contributed by atoms with Gasteiger partial charge < -0.3 is 9.72 Å². The minimum absolute atomic E-state index is 0.212. The third-order valence-electron chi connectivity index (χ3n) is 5.16. The first kappa shape index (κ1) is 22.9. The maximum absolute atomic E-state index is 13.7. The lowest BCUT2D eigenvalue weighted by Gasteiger charge is -2.12. The summed E-state index contributed by atoms with van der Waals surface area (Å²) in [7, 11) is 1.54. The molecule has 0 radical (unpaired) electrons. The van der Waals surface area contributed by atoms with Gasteiger partial charge >= 0.3 is 0 Å². The summed E-state index contributed by atoms with van der Waals surface area (Å²) in [5.74, 6) is 0.462. The molecule has 34 heavy (non-hydrogen) atoms. The summed E-state index contributed by atoms with van der Waals surface area (Å²) >= 11 is 0. The molecule has 9 heteroatoms. The molecule has 0 unspecified atom stereocenters. The highest BCUT2D eigenvalue weighted by atomic mass is 19.1. The molecular weight excluding hydrogens is 435 g/mol. The van der Waals surface area contributed by atoms with Crippen molar-refractivity contribution in [1.82, 2.24) is 20.3 Å². The van der Waals surface area contributed by atoms with Crippen LogP contribution in [0.5, 0.6) is 5.75 Å². The molecule has 8 nitrogen and oxygen atoms in total. The summed E-state index contributed by atoms with van der Waals surface area (Å²) < 4.78 is 18.9. The predicted molar refractivity (Wildman–Crippen MR) is 130 cm³/mol. The first-order valence-electron chi connectivity index (χ1n) is 10.8. The van der Waals surface area contributed by atoms with Crippen LogP contribution >= 0.6 is 0 Å². The first-order chi connectivity index (χ1) is 16.4. The maximum atomic E-state index is 13.7. The number of H-pyrrole nitrogens is 1. The van der Waals surface area contributed by atoms with Gasteiger partial charge in [-0.15, -0.1) is 0 Å². The molecule has 0 aliphatic rings. The highest BCUT2D eigenvalue weighted by molar-refractivity contribution is 6.09. The number of benzene rings is 2. The Labute approximate surface area is 196 Å². The Kier molecular flexibility index (Phi) is 6.82. The van der Waals surface area contributed by atoms with E-state index in [0.717, 1.165) is 27.9 Å². The molecule has 0 aliphatic heterocycles. The Morgan fingerprint density at radius 1 is 1.12 bits per heavy atom. The SMILES string of the molecule is COc1cccc(C(=O)NC(=NCCc2c[nH]c3ccc(F)cc23)Nc2nc(C)cc(C)n2)c1. The molecule has 4 aromatic rings. The molecule has 174 valence electrons. The topological polar surface area (TPSA) is 104 Å². The van der Waals surface area contributed by atoms with E-state index < -0.39 is 0 Å². The van der Waals surface area contributed by atoms with E-state index in [-0.39, 0.29) is 17.7 Å². The average Bonchev–Trinajstić information content (AvgIpc) is 3.20. The average molecular weight is 461 g/mol. The van der Waals surface area contributed by atoms with E-state index in [1.807, 2.05) is 26.1 Å². The Balaban J connectivity index is 1.56. The van der Waals surface area contributed by atoms with E-state index in [1.54, 1.807) is 37.4 Å². The normalized spacial score (nSPS) is 11.5. The van der Waals surface area contributed by atoms with Crippen molar-refractivity contribution in [2.45, 2.75) is 20.3 Å². The number of hydrogen-bond donors (Lipinski definition) is 3.